The van der Waals surface area contributed by atoms with Gasteiger partial charge in [0, 0.05) is 22.3 Å². The van der Waals surface area contributed by atoms with E-state index in [4.69, 9.17) is 10.7 Å². The van der Waals surface area contributed by atoms with E-state index in [1.165, 1.54) is 12.3 Å². The number of hydrogen-bond acceptors (Lipinski definition) is 3. The first-order valence-electron chi connectivity index (χ1n) is 3.74. The molecule has 6 heteroatoms. The molecule has 0 atom stereocenters. The summed E-state index contributed by atoms with van der Waals surface area (Å²) >= 11 is 0. The van der Waals surface area contributed by atoms with Crippen molar-refractivity contribution in [3.63, 3.8) is 0 Å². The minimum absolute atomic E-state index is 0.00549. The summed E-state index contributed by atoms with van der Waals surface area (Å²) in [5.74, 6) is -0.00549. The maximum atomic E-state index is 11.1. The summed E-state index contributed by atoms with van der Waals surface area (Å²) in [5, 5.41) is 9.77. The fraction of sp³-hybridized carbons (Fsp3) is 0. The Kier molecular flexibility index (Phi) is 1.94. The lowest BCUT2D eigenvalue weighted by Crippen LogP contribution is -1.87. The summed E-state index contributed by atoms with van der Waals surface area (Å²) in [5.41, 5.74) is 0.367. The van der Waals surface area contributed by atoms with Crippen molar-refractivity contribution in [2.75, 3.05) is 0 Å². The fourth-order valence-corrected chi connectivity index (χ4v) is 2.33. The number of hydrogen-bond donors (Lipinski definition) is 2. The Morgan fingerprint density at radius 2 is 2.07 bits per heavy atom. The fourth-order valence-electron chi connectivity index (χ4n) is 1.31. The van der Waals surface area contributed by atoms with Gasteiger partial charge in [0.15, 0.2) is 0 Å². The minimum Gasteiger partial charge on any atom is -0.506 e. The third kappa shape index (κ3) is 1.34. The van der Waals surface area contributed by atoms with Crippen LogP contribution in [0, 0.1) is 0 Å². The van der Waals surface area contributed by atoms with E-state index in [-0.39, 0.29) is 10.6 Å². The standard InChI is InChI=1S/C8H6ClNO3S/c9-14(12,13)7-4-10-8-5(7)2-1-3-6(8)11/h1-4,10-11H. The first kappa shape index (κ1) is 9.36. The predicted molar refractivity (Wildman–Crippen MR) is 53.0 cm³/mol. The summed E-state index contributed by atoms with van der Waals surface area (Å²) in [6.45, 7) is 0. The number of halogens is 1. The van der Waals surface area contributed by atoms with Crippen molar-refractivity contribution in [2.45, 2.75) is 4.90 Å². The second-order valence-electron chi connectivity index (χ2n) is 2.79. The summed E-state index contributed by atoms with van der Waals surface area (Å²) in [7, 11) is 1.43. The van der Waals surface area contributed by atoms with Gasteiger partial charge in [0.1, 0.15) is 10.6 Å². The molecule has 0 aliphatic rings. The number of nitrogens with one attached hydrogen (secondary N) is 1. The van der Waals surface area contributed by atoms with E-state index in [1.807, 2.05) is 0 Å². The molecule has 0 aliphatic heterocycles. The van der Waals surface area contributed by atoms with E-state index in [1.54, 1.807) is 12.1 Å². The van der Waals surface area contributed by atoms with Gasteiger partial charge in [-0.2, -0.15) is 0 Å². The highest BCUT2D eigenvalue weighted by atomic mass is 35.7. The highest BCUT2D eigenvalue weighted by Crippen LogP contribution is 2.30. The summed E-state index contributed by atoms with van der Waals surface area (Å²) in [4.78, 5) is 2.63. The molecule has 2 aromatic rings. The number of H-pyrrole nitrogens is 1. The van der Waals surface area contributed by atoms with Crippen molar-refractivity contribution in [2.24, 2.45) is 0 Å². The number of phenolic OH excluding ortho intramolecular Hbond substituents is 1. The second-order valence-corrected chi connectivity index (χ2v) is 5.32. The van der Waals surface area contributed by atoms with Crippen LogP contribution in [-0.4, -0.2) is 18.5 Å². The van der Waals surface area contributed by atoms with Crippen molar-refractivity contribution in [1.82, 2.24) is 4.98 Å². The zero-order valence-electron chi connectivity index (χ0n) is 6.86. The molecule has 14 heavy (non-hydrogen) atoms. The van der Waals surface area contributed by atoms with Gasteiger partial charge in [-0.15, -0.1) is 0 Å². The number of benzene rings is 1. The molecule has 1 aromatic heterocycles. The van der Waals surface area contributed by atoms with Crippen LogP contribution in [0.25, 0.3) is 10.9 Å². The first-order valence-corrected chi connectivity index (χ1v) is 6.05. The summed E-state index contributed by atoms with van der Waals surface area (Å²) < 4.78 is 22.2. The van der Waals surface area contributed by atoms with Crippen LogP contribution in [0.4, 0.5) is 0 Å². The molecule has 0 saturated heterocycles. The van der Waals surface area contributed by atoms with E-state index < -0.39 is 9.05 Å². The molecule has 2 N–H and O–H groups in total. The molecule has 4 nitrogen and oxygen atoms in total. The summed E-state index contributed by atoms with van der Waals surface area (Å²) in [6.07, 6.45) is 1.26. The molecule has 1 aromatic carbocycles. The smallest absolute Gasteiger partial charge is 0.263 e. The largest absolute Gasteiger partial charge is 0.506 e. The Hall–Kier alpha value is -1.20. The molecule has 74 valence electrons. The monoisotopic (exact) mass is 231 g/mol. The van der Waals surface area contributed by atoms with Gasteiger partial charge in [0.25, 0.3) is 9.05 Å². The topological polar surface area (TPSA) is 70.2 Å². The van der Waals surface area contributed by atoms with Gasteiger partial charge in [-0.3, -0.25) is 0 Å². The second kappa shape index (κ2) is 2.90. The van der Waals surface area contributed by atoms with Crippen LogP contribution in [0.2, 0.25) is 0 Å². The Bertz CT molecular complexity index is 588. The van der Waals surface area contributed by atoms with Crippen molar-refractivity contribution in [3.8, 4) is 5.75 Å². The molecule has 0 saturated carbocycles. The van der Waals surface area contributed by atoms with Crippen molar-refractivity contribution < 1.29 is 13.5 Å². The molecule has 0 amide bonds. The molecule has 0 unspecified atom stereocenters. The van der Waals surface area contributed by atoms with Crippen LogP contribution in [0.1, 0.15) is 0 Å². The van der Waals surface area contributed by atoms with Crippen LogP contribution < -0.4 is 0 Å². The van der Waals surface area contributed by atoms with Gasteiger partial charge in [-0.05, 0) is 6.07 Å². The Labute approximate surface area is 84.5 Å². The number of aromatic hydroxyl groups is 1. The Morgan fingerprint density at radius 3 is 2.71 bits per heavy atom. The molecule has 0 aliphatic carbocycles. The van der Waals surface area contributed by atoms with Crippen molar-refractivity contribution in [3.05, 3.63) is 24.4 Å². The van der Waals surface area contributed by atoms with Gasteiger partial charge in [0.2, 0.25) is 0 Å². The maximum Gasteiger partial charge on any atom is 0.263 e. The van der Waals surface area contributed by atoms with E-state index in [9.17, 15) is 13.5 Å². The molecule has 0 spiro atoms. The highest BCUT2D eigenvalue weighted by molar-refractivity contribution is 8.14. The van der Waals surface area contributed by atoms with Crippen molar-refractivity contribution >= 4 is 30.6 Å². The molecular weight excluding hydrogens is 226 g/mol. The van der Waals surface area contributed by atoms with Crippen LogP contribution in [0.15, 0.2) is 29.3 Å². The van der Waals surface area contributed by atoms with Crippen molar-refractivity contribution in [1.29, 1.82) is 0 Å². The Morgan fingerprint density at radius 1 is 1.36 bits per heavy atom. The number of aromatic amines is 1. The van der Waals surface area contributed by atoms with Gasteiger partial charge in [0.05, 0.1) is 5.52 Å². The zero-order valence-corrected chi connectivity index (χ0v) is 8.43. The number of para-hydroxylation sites is 1. The van der Waals surface area contributed by atoms with Gasteiger partial charge in [-0.25, -0.2) is 8.42 Å². The average molecular weight is 232 g/mol. The van der Waals surface area contributed by atoms with E-state index in [0.29, 0.717) is 10.9 Å². The number of rotatable bonds is 1. The van der Waals surface area contributed by atoms with Gasteiger partial charge >= 0.3 is 0 Å². The van der Waals surface area contributed by atoms with Crippen LogP contribution in [0.5, 0.6) is 5.75 Å². The highest BCUT2D eigenvalue weighted by Gasteiger charge is 2.16. The maximum absolute atomic E-state index is 11.1. The number of phenols is 1. The molecule has 0 fully saturated rings. The van der Waals surface area contributed by atoms with Crippen LogP contribution in [0.3, 0.4) is 0 Å². The Balaban J connectivity index is 2.90. The zero-order chi connectivity index (χ0) is 10.3. The molecular formula is C8H6ClNO3S. The summed E-state index contributed by atoms with van der Waals surface area (Å²) in [6, 6.07) is 4.58. The first-order chi connectivity index (χ1) is 6.50. The quantitative estimate of drug-likeness (QED) is 0.736. The SMILES string of the molecule is O=S(=O)(Cl)c1c[nH]c2c(O)cccc12. The van der Waals surface area contributed by atoms with Gasteiger partial charge in [-0.1, -0.05) is 12.1 Å². The van der Waals surface area contributed by atoms with E-state index in [0.717, 1.165) is 0 Å². The molecule has 0 bridgehead atoms. The minimum atomic E-state index is -3.77. The molecule has 1 heterocycles. The third-order valence-corrected chi connectivity index (χ3v) is 3.28. The normalized spacial score (nSPS) is 12.1. The lowest BCUT2D eigenvalue weighted by Gasteiger charge is -1.94. The lowest BCUT2D eigenvalue weighted by molar-refractivity contribution is 0.480. The number of fused-ring (bicyclic) bond motifs is 1. The molecule has 0 radical (unpaired) electrons. The predicted octanol–water partition coefficient (Wildman–Crippen LogP) is 1.80. The number of aromatic nitrogens is 1. The lowest BCUT2D eigenvalue weighted by atomic mass is 10.2. The van der Waals surface area contributed by atoms with E-state index in [2.05, 4.69) is 4.98 Å². The molecule has 2 rings (SSSR count). The average Bonchev–Trinajstić information content (AvgIpc) is 2.47. The van der Waals surface area contributed by atoms with E-state index >= 15 is 0 Å². The van der Waals surface area contributed by atoms with Gasteiger partial charge < -0.3 is 10.1 Å². The van der Waals surface area contributed by atoms with Crippen LogP contribution in [-0.2, 0) is 9.05 Å². The van der Waals surface area contributed by atoms with Crippen LogP contribution >= 0.6 is 10.7 Å². The third-order valence-electron chi connectivity index (χ3n) is 1.92.